The summed E-state index contributed by atoms with van der Waals surface area (Å²) in [5.74, 6) is -2.62. The summed E-state index contributed by atoms with van der Waals surface area (Å²) in [6, 6.07) is 27.9. The summed E-state index contributed by atoms with van der Waals surface area (Å²) in [5.41, 5.74) is 19.9. The number of ether oxygens (including phenoxy) is 4. The number of aromatic nitrogens is 2. The number of amides is 7. The minimum Gasteiger partial charge on any atom is -0.481 e. The summed E-state index contributed by atoms with van der Waals surface area (Å²) in [5, 5.41) is 78.2. The molecule has 0 aliphatic carbocycles. The van der Waals surface area contributed by atoms with E-state index in [1.54, 1.807) is 68.3 Å². The standard InChI is InChI=1S/C51H65N5O11S.C50H65N5O12.C2H6S.2CO2.2CH4/c1-32-10-7-13-37(24-32)49(64)55-22-19-34(20-23-55)11-5-4-6-14-38(57)18-17-35-12-9-21-54(29-35)30-36-25-33(2)48(67-51-47(63)46(62)42(59)31-66-51)39(26-36)53-44(60)16-8-15-41(58)40(28-52)56-45(61)27-43(68-3)50(56)65;1-32-9-6-12-37(25-32)49(65)55-23-20-34(21-24-55)10-4-3-5-13-38(56)17-16-35-11-8-22-54(29-35)30-36-26-33(2)48(67-50-47(64)46(63)42(58)31-66-50)39(27-36)52-43(59)15-7-14-41(57)40(28-51)53-44(60)18-19-45(61)62;1-3-2;2*2-1-3;;/h7,9-10,12-13,17-18,21,24-26,29,34,40,42-43,46-47,51,59,62-63H,4-6,8,11,14-16,19-20,22-23,27-28,30-31,52H2,1-3H3;6,8-9,11-12,16-17,22,25-27,29,34,40,42,46-47,50,58,63-64H,3-5,7,10,13-15,18-21,23-24,28,30-31,51H2,1-2H3,(H2-,52,53,59,60,61,62);1-2H3;;;2*1H4/p+2/b18-17+;17-16+;;;;;/t40?,42?,43?,46-,47-,51?;40?,42?,46-,47-,50?;;;;;/m00...../s1. The van der Waals surface area contributed by atoms with Crippen LogP contribution >= 0.6 is 23.5 Å². The van der Waals surface area contributed by atoms with E-state index in [-0.39, 0.29) is 151 Å². The van der Waals surface area contributed by atoms with Crippen molar-refractivity contribution in [3.63, 3.8) is 0 Å². The first-order valence-electron chi connectivity index (χ1n) is 48.4. The van der Waals surface area contributed by atoms with E-state index in [2.05, 4.69) is 16.0 Å². The highest BCUT2D eigenvalue weighted by Gasteiger charge is 2.45. The van der Waals surface area contributed by atoms with Crippen molar-refractivity contribution in [3.8, 4) is 11.5 Å². The van der Waals surface area contributed by atoms with Crippen molar-refractivity contribution in [2.45, 2.75) is 270 Å². The quantitative estimate of drug-likeness (QED) is 0.00735. The average molecular weight is 2070 g/mol. The number of aliphatic carboxylic acids is 1. The van der Waals surface area contributed by atoms with Gasteiger partial charge in [-0.3, -0.25) is 62.4 Å². The van der Waals surface area contributed by atoms with Crippen molar-refractivity contribution in [1.82, 2.24) is 20.0 Å². The number of anilines is 2. The topological polar surface area (TPSA) is 557 Å². The molecule has 7 amide bonds. The van der Waals surface area contributed by atoms with Crippen molar-refractivity contribution in [1.29, 1.82) is 0 Å². The number of aliphatic hydroxyl groups excluding tert-OH is 6. The fraction of sp³-hybridized carbons (Fsp3) is 0.514. The van der Waals surface area contributed by atoms with Gasteiger partial charge >= 0.3 is 18.3 Å². The number of nitrogens with two attached hydrogens (primary N) is 2. The summed E-state index contributed by atoms with van der Waals surface area (Å²) < 4.78 is 26.9. The number of nitrogens with zero attached hydrogens (tertiary/aromatic N) is 5. The maximum absolute atomic E-state index is 13.4. The number of likely N-dealkylation sites (tertiary alicyclic amines) is 3. The minimum absolute atomic E-state index is 0. The Morgan fingerprint density at radius 2 is 0.932 bits per heavy atom. The lowest BCUT2D eigenvalue weighted by Crippen LogP contribution is -2.54. The number of unbranched alkanes of at least 4 members (excludes halogenated alkanes) is 4. The van der Waals surface area contributed by atoms with Gasteiger partial charge in [0.25, 0.3) is 11.8 Å². The van der Waals surface area contributed by atoms with E-state index in [0.717, 1.165) is 153 Å². The Labute approximate surface area is 861 Å². The number of piperidine rings is 2. The lowest BCUT2D eigenvalue weighted by molar-refractivity contribution is -0.688. The number of thioether (sulfide) groups is 2. The number of allylic oxidation sites excluding steroid dienone is 2. The van der Waals surface area contributed by atoms with Gasteiger partial charge in [0.2, 0.25) is 42.1 Å². The second-order valence-corrected chi connectivity index (χ2v) is 38.1. The van der Waals surface area contributed by atoms with E-state index in [1.807, 2.05) is 155 Å². The third-order valence-corrected chi connectivity index (χ3v) is 25.9. The molecule has 2 aromatic heterocycles. The molecule has 5 aliphatic heterocycles. The molecule has 4 aromatic carbocycles. The van der Waals surface area contributed by atoms with Crippen LogP contribution in [0, 0.1) is 39.5 Å². The third kappa shape index (κ3) is 41.0. The molecule has 5 saturated heterocycles. The largest absolute Gasteiger partial charge is 0.481 e. The zero-order valence-electron chi connectivity index (χ0n) is 82.7. The summed E-state index contributed by atoms with van der Waals surface area (Å²) >= 11 is 2.99. The van der Waals surface area contributed by atoms with Gasteiger partial charge in [-0.25, -0.2) is 9.13 Å². The van der Waals surface area contributed by atoms with Crippen molar-refractivity contribution in [2.75, 3.05) is 81.9 Å². The van der Waals surface area contributed by atoms with Gasteiger partial charge in [-0.05, 0) is 206 Å². The molecule has 11 atom stereocenters. The van der Waals surface area contributed by atoms with E-state index in [1.165, 1.54) is 11.8 Å². The number of hydrogen-bond acceptors (Lipinski definition) is 30. The van der Waals surface area contributed by atoms with Gasteiger partial charge < -0.3 is 91.9 Å². The van der Waals surface area contributed by atoms with Crippen LogP contribution in [0.2, 0.25) is 0 Å². The molecule has 146 heavy (non-hydrogen) atoms. The molecule has 5 aliphatic rings. The average Bonchev–Trinajstić information content (AvgIpc) is 0.858. The number of benzene rings is 4. The second-order valence-electron chi connectivity index (χ2n) is 36.3. The second kappa shape index (κ2) is 65.5. The van der Waals surface area contributed by atoms with Crippen LogP contribution in [0.1, 0.15) is 228 Å². The van der Waals surface area contributed by atoms with Crippen molar-refractivity contribution >= 4 is 130 Å². The molecule has 796 valence electrons. The molecule has 39 heteroatoms. The van der Waals surface area contributed by atoms with Crippen LogP contribution in [-0.2, 0) is 89.7 Å². The highest BCUT2D eigenvalue weighted by Crippen LogP contribution is 2.37. The number of nitrogens with one attached hydrogen (secondary N) is 3. The summed E-state index contributed by atoms with van der Waals surface area (Å²) in [6.45, 7) is 10.3. The van der Waals surface area contributed by atoms with Gasteiger partial charge in [-0.1, -0.05) is 88.8 Å². The molecule has 6 aromatic rings. The Hall–Kier alpha value is -12.0. The molecule has 7 heterocycles. The van der Waals surface area contributed by atoms with Crippen LogP contribution in [0.3, 0.4) is 0 Å². The summed E-state index contributed by atoms with van der Waals surface area (Å²) in [6.07, 6.45) is 20.9. The number of Topliss-reactive ketones (excluding diaryl/α,β-unsaturated/α-hetero) is 2. The van der Waals surface area contributed by atoms with Crippen molar-refractivity contribution in [2.24, 2.45) is 23.3 Å². The summed E-state index contributed by atoms with van der Waals surface area (Å²) in [7, 11) is 0. The molecule has 0 bridgehead atoms. The Morgan fingerprint density at radius 1 is 0.514 bits per heavy atom. The van der Waals surface area contributed by atoms with Crippen molar-refractivity contribution < 1.29 is 141 Å². The predicted octanol–water partition coefficient (Wildman–Crippen LogP) is 8.65. The predicted molar refractivity (Wildman–Crippen MR) is 547 cm³/mol. The highest BCUT2D eigenvalue weighted by molar-refractivity contribution is 8.00. The molecule has 0 spiro atoms. The summed E-state index contributed by atoms with van der Waals surface area (Å²) in [4.78, 5) is 190. The molecule has 11 rings (SSSR count). The molecule has 14 N–H and O–H groups in total. The molecule has 0 radical (unpaired) electrons. The number of carbonyl (C=O) groups excluding carboxylic acids is 15. The molecular weight excluding hydrogens is 1920 g/mol. The van der Waals surface area contributed by atoms with Crippen LogP contribution in [-0.4, -0.2) is 271 Å². The zero-order valence-corrected chi connectivity index (χ0v) is 84.3. The van der Waals surface area contributed by atoms with E-state index < -0.39 is 120 Å². The number of imide groups is 1. The van der Waals surface area contributed by atoms with Crippen molar-refractivity contribution in [3.05, 3.63) is 190 Å². The maximum atomic E-state index is 13.4. The van der Waals surface area contributed by atoms with Crippen LogP contribution in [0.15, 0.2) is 134 Å². The van der Waals surface area contributed by atoms with Crippen LogP contribution < -0.4 is 46.0 Å². The van der Waals surface area contributed by atoms with Crippen LogP contribution in [0.25, 0.3) is 12.2 Å². The van der Waals surface area contributed by atoms with Gasteiger partial charge in [0.1, 0.15) is 54.2 Å². The smallest absolute Gasteiger partial charge is 0.373 e. The fourth-order valence-electron chi connectivity index (χ4n) is 17.3. The minimum atomic E-state index is -1.60. The first kappa shape index (κ1) is 124. The number of pyridine rings is 2. The SMILES string of the molecule is C.C.CSC.CSC1CC(=O)N(C(CN)C(=O)CCCC(=O)Nc2cc(C[n+]3cccc(/C=C/C(=O)CCCCCC4CCN(C(=O)c5cccc(C)c5)CC4)c3)cc(C)c2OC2OCC(O)[C@H](O)[C@@H]2O)C1=O.Cc1cccc(C(=O)N2CCC(CCCCCC(=O)/C=C/c3ccc[n+](Cc4cc(C)c(OC5OCC(O)[C@H](O)[C@@H]5O)c(NC(=O)CCCC(=O)C(CN)NC(=O)CCC(=O)O)c4)c3)CC2)c1.O=C=O.O=C=O. The molecule has 37 nitrogen and oxygen atoms in total. The number of ketones is 4. The van der Waals surface area contributed by atoms with Gasteiger partial charge in [-0.2, -0.15) is 42.7 Å². The van der Waals surface area contributed by atoms with Crippen LogP contribution in [0.4, 0.5) is 11.4 Å². The number of aryl methyl sites for hydroxylation is 4. The number of carboxylic acid groups (broad SMARTS) is 1. The van der Waals surface area contributed by atoms with Gasteiger partial charge in [0, 0.05) is 136 Å². The number of carboxylic acids is 1. The number of aliphatic hydroxyl groups is 6. The van der Waals surface area contributed by atoms with Crippen LogP contribution in [0.5, 0.6) is 11.5 Å². The fourth-order valence-corrected chi connectivity index (χ4v) is 17.9. The first-order valence-corrected chi connectivity index (χ1v) is 51.3. The lowest BCUT2D eigenvalue weighted by Gasteiger charge is -2.35. The van der Waals surface area contributed by atoms with Gasteiger partial charge in [0.05, 0.1) is 42.3 Å². The third-order valence-electron chi connectivity index (χ3n) is 24.9. The lowest BCUT2D eigenvalue weighted by atomic mass is 9.90. The van der Waals surface area contributed by atoms with E-state index >= 15 is 0 Å². The number of carbonyl (C=O) groups is 12. The van der Waals surface area contributed by atoms with E-state index in [0.29, 0.717) is 48.9 Å². The monoisotopic (exact) mass is 2070 g/mol. The van der Waals surface area contributed by atoms with Gasteiger partial charge in [0.15, 0.2) is 61.0 Å². The normalized spacial score (nSPS) is 19.1. The Bertz CT molecular complexity index is 5410. The number of rotatable bonds is 46. The molecule has 0 saturated carbocycles. The highest BCUT2D eigenvalue weighted by atomic mass is 32.2. The molecule has 7 unspecified atom stereocenters. The Balaban J connectivity index is 0.000000469. The molecular formula is C107H146N10O27S2+2. The van der Waals surface area contributed by atoms with Gasteiger partial charge in [-0.15, -0.1) is 0 Å². The maximum Gasteiger partial charge on any atom is 0.373 e. The first-order chi connectivity index (χ1) is 69.0. The van der Waals surface area contributed by atoms with E-state index in [4.69, 9.17) is 54.7 Å². The molecule has 5 fully saturated rings. The Morgan fingerprint density at radius 3 is 1.32 bits per heavy atom. The van der Waals surface area contributed by atoms with E-state index in [9.17, 15) is 88.2 Å². The Kier molecular flexibility index (Phi) is 55.9. The zero-order chi connectivity index (χ0) is 105. The number of hydrogen-bond donors (Lipinski definition) is 12.